The van der Waals surface area contributed by atoms with E-state index in [0.717, 1.165) is 10.7 Å². The minimum absolute atomic E-state index is 0.0416. The minimum atomic E-state index is -0.658. The van der Waals surface area contributed by atoms with Crippen LogP contribution >= 0.6 is 7.92 Å². The Morgan fingerprint density at radius 2 is 1.29 bits per heavy atom. The highest BCUT2D eigenvalue weighted by molar-refractivity contribution is 7.68. The molecule has 2 nitrogen and oxygen atoms in total. The van der Waals surface area contributed by atoms with Gasteiger partial charge in [-0.15, -0.1) is 0 Å². The predicted octanol–water partition coefficient (Wildman–Crippen LogP) is 4.96. The first-order chi connectivity index (χ1) is 9.53. The molecule has 0 heterocycles. The van der Waals surface area contributed by atoms with E-state index in [0.29, 0.717) is 11.1 Å². The Labute approximate surface area is 128 Å². The van der Waals surface area contributed by atoms with Crippen molar-refractivity contribution < 1.29 is 10.2 Å². The highest BCUT2D eigenvalue weighted by Gasteiger charge is 2.37. The summed E-state index contributed by atoms with van der Waals surface area (Å²) in [6.45, 7) is 13.2. The van der Waals surface area contributed by atoms with E-state index in [2.05, 4.69) is 41.5 Å². The molecular formula is C18H25O2P. The Kier molecular flexibility index (Phi) is 3.97. The van der Waals surface area contributed by atoms with Crippen LogP contribution in [0.5, 0.6) is 11.5 Å². The van der Waals surface area contributed by atoms with Crippen molar-refractivity contribution in [2.24, 2.45) is 0 Å². The molecule has 21 heavy (non-hydrogen) atoms. The van der Waals surface area contributed by atoms with Gasteiger partial charge in [-0.05, 0) is 16.4 Å². The van der Waals surface area contributed by atoms with Gasteiger partial charge in [0.2, 0.25) is 0 Å². The zero-order valence-electron chi connectivity index (χ0n) is 13.7. The molecule has 114 valence electrons. The van der Waals surface area contributed by atoms with E-state index >= 15 is 0 Å². The fraction of sp³-hybridized carbons (Fsp3) is 0.444. The van der Waals surface area contributed by atoms with Crippen LogP contribution < -0.4 is 5.30 Å². The molecule has 2 aromatic rings. The Morgan fingerprint density at radius 3 is 1.76 bits per heavy atom. The largest absolute Gasteiger partial charge is 0.507 e. The fourth-order valence-corrected chi connectivity index (χ4v) is 7.27. The van der Waals surface area contributed by atoms with Crippen molar-refractivity contribution in [2.45, 2.75) is 51.9 Å². The second-order valence-electron chi connectivity index (χ2n) is 7.49. The Hall–Kier alpha value is -1.27. The van der Waals surface area contributed by atoms with Crippen LogP contribution in [0.3, 0.4) is 0 Å². The number of hydrogen-bond acceptors (Lipinski definition) is 2. The van der Waals surface area contributed by atoms with Crippen molar-refractivity contribution in [3.63, 3.8) is 0 Å². The first-order valence-electron chi connectivity index (χ1n) is 7.27. The van der Waals surface area contributed by atoms with Crippen molar-refractivity contribution in [1.29, 1.82) is 0 Å². The van der Waals surface area contributed by atoms with E-state index < -0.39 is 7.92 Å². The third-order valence-electron chi connectivity index (χ3n) is 3.56. The van der Waals surface area contributed by atoms with Gasteiger partial charge in [-0.2, -0.15) is 0 Å². The predicted molar refractivity (Wildman–Crippen MR) is 93.3 cm³/mol. The molecule has 0 unspecified atom stereocenters. The highest BCUT2D eigenvalue weighted by atomic mass is 31.1. The number of aromatic hydroxyl groups is 2. The van der Waals surface area contributed by atoms with Crippen LogP contribution in [0.1, 0.15) is 41.5 Å². The molecule has 0 aromatic heterocycles. The first-order valence-corrected chi connectivity index (χ1v) is 8.61. The van der Waals surface area contributed by atoms with Gasteiger partial charge < -0.3 is 10.2 Å². The second kappa shape index (κ2) is 5.18. The summed E-state index contributed by atoms with van der Waals surface area (Å²) < 4.78 is 0. The molecule has 0 amide bonds. The number of fused-ring (bicyclic) bond motifs is 1. The summed E-state index contributed by atoms with van der Waals surface area (Å²) in [5.41, 5.74) is 0. The van der Waals surface area contributed by atoms with Crippen LogP contribution in [-0.4, -0.2) is 20.5 Å². The molecule has 2 aromatic carbocycles. The molecule has 0 atom stereocenters. The number of phenols is 2. The minimum Gasteiger partial charge on any atom is -0.507 e. The van der Waals surface area contributed by atoms with Gasteiger partial charge in [-0.3, -0.25) is 0 Å². The molecule has 0 radical (unpaired) electrons. The van der Waals surface area contributed by atoms with Crippen molar-refractivity contribution in [3.05, 3.63) is 30.3 Å². The molecule has 0 saturated heterocycles. The molecular weight excluding hydrogens is 279 g/mol. The van der Waals surface area contributed by atoms with E-state index in [4.69, 9.17) is 0 Å². The number of benzene rings is 2. The van der Waals surface area contributed by atoms with Crippen LogP contribution in [0, 0.1) is 0 Å². The molecule has 2 rings (SSSR count). The third kappa shape index (κ3) is 3.01. The maximum Gasteiger partial charge on any atom is 0.131 e. The van der Waals surface area contributed by atoms with E-state index in [1.165, 1.54) is 0 Å². The van der Waals surface area contributed by atoms with Gasteiger partial charge in [0.05, 0.1) is 0 Å². The number of hydrogen-bond donors (Lipinski definition) is 2. The zero-order valence-corrected chi connectivity index (χ0v) is 14.6. The summed E-state index contributed by atoms with van der Waals surface area (Å²) in [4.78, 5) is 0. The Balaban J connectivity index is 2.79. The van der Waals surface area contributed by atoms with Crippen molar-refractivity contribution in [3.8, 4) is 11.5 Å². The fourth-order valence-electron chi connectivity index (χ4n) is 3.23. The van der Waals surface area contributed by atoms with Crippen LogP contribution in [0.15, 0.2) is 30.3 Å². The van der Waals surface area contributed by atoms with E-state index in [1.807, 2.05) is 24.3 Å². The van der Waals surface area contributed by atoms with Gasteiger partial charge in [-0.1, -0.05) is 73.7 Å². The second-order valence-corrected chi connectivity index (χ2v) is 11.3. The molecule has 0 bridgehead atoms. The molecule has 0 fully saturated rings. The lowest BCUT2D eigenvalue weighted by molar-refractivity contribution is 0.472. The Bertz CT molecular complexity index is 649. The normalized spacial score (nSPS) is 13.1. The summed E-state index contributed by atoms with van der Waals surface area (Å²) >= 11 is 0. The van der Waals surface area contributed by atoms with Crippen LogP contribution in [0.25, 0.3) is 10.8 Å². The molecule has 2 N–H and O–H groups in total. The van der Waals surface area contributed by atoms with Gasteiger partial charge in [0.25, 0.3) is 0 Å². The average Bonchev–Trinajstić information content (AvgIpc) is 2.32. The molecule has 0 aliphatic heterocycles. The van der Waals surface area contributed by atoms with Crippen LogP contribution in [-0.2, 0) is 0 Å². The highest BCUT2D eigenvalue weighted by Crippen LogP contribution is 2.60. The van der Waals surface area contributed by atoms with E-state index in [1.54, 1.807) is 6.07 Å². The molecule has 0 saturated carbocycles. The lowest BCUT2D eigenvalue weighted by Gasteiger charge is -2.42. The first kappa shape index (κ1) is 16.1. The molecule has 0 aliphatic carbocycles. The summed E-state index contributed by atoms with van der Waals surface area (Å²) in [6, 6.07) is 9.23. The summed E-state index contributed by atoms with van der Waals surface area (Å²) in [5, 5.41) is 23.5. The quantitative estimate of drug-likeness (QED) is 0.578. The van der Waals surface area contributed by atoms with E-state index in [9.17, 15) is 10.2 Å². The Morgan fingerprint density at radius 1 is 0.810 bits per heavy atom. The van der Waals surface area contributed by atoms with Crippen molar-refractivity contribution in [2.75, 3.05) is 0 Å². The smallest absolute Gasteiger partial charge is 0.131 e. The lowest BCUT2D eigenvalue weighted by atomic mass is 10.1. The summed E-state index contributed by atoms with van der Waals surface area (Å²) in [5.74, 6) is 0.568. The van der Waals surface area contributed by atoms with Gasteiger partial charge >= 0.3 is 0 Å². The van der Waals surface area contributed by atoms with Gasteiger partial charge in [0, 0.05) is 16.1 Å². The van der Waals surface area contributed by atoms with Crippen LogP contribution in [0.4, 0.5) is 0 Å². The average molecular weight is 304 g/mol. The maximum absolute atomic E-state index is 10.8. The molecule has 0 aliphatic rings. The SMILES string of the molecule is CC(C)(C)P(c1cc(O)c2ccccc2c1O)C(C)(C)C. The maximum atomic E-state index is 10.8. The third-order valence-corrected chi connectivity index (χ3v) is 7.06. The summed E-state index contributed by atoms with van der Waals surface area (Å²) in [7, 11) is -0.658. The standard InChI is InChI=1S/C18H25O2P/c1-17(2,3)21(18(4,5)6)15-11-14(19)12-9-7-8-10-13(12)16(15)20/h7-11,19-20H,1-6H3. The molecule has 0 spiro atoms. The topological polar surface area (TPSA) is 40.5 Å². The number of rotatable bonds is 1. The monoisotopic (exact) mass is 304 g/mol. The zero-order chi connectivity index (χ0) is 16.0. The van der Waals surface area contributed by atoms with Gasteiger partial charge in [0.1, 0.15) is 11.5 Å². The van der Waals surface area contributed by atoms with Crippen LogP contribution in [0.2, 0.25) is 0 Å². The van der Waals surface area contributed by atoms with Crippen molar-refractivity contribution in [1.82, 2.24) is 0 Å². The summed E-state index contributed by atoms with van der Waals surface area (Å²) in [6.07, 6.45) is 0. The number of phenolic OH excluding ortho intramolecular Hbond substituents is 2. The van der Waals surface area contributed by atoms with Gasteiger partial charge in [-0.25, -0.2) is 0 Å². The van der Waals surface area contributed by atoms with Gasteiger partial charge in [0.15, 0.2) is 0 Å². The lowest BCUT2D eigenvalue weighted by Crippen LogP contribution is -2.31. The van der Waals surface area contributed by atoms with Crippen molar-refractivity contribution >= 4 is 24.0 Å². The molecule has 3 heteroatoms. The van der Waals surface area contributed by atoms with E-state index in [-0.39, 0.29) is 16.1 Å².